The van der Waals surface area contributed by atoms with Crippen molar-refractivity contribution in [2.75, 3.05) is 13.4 Å². The highest BCUT2D eigenvalue weighted by molar-refractivity contribution is 5.79. The van der Waals surface area contributed by atoms with Gasteiger partial charge in [0.15, 0.2) is 17.3 Å². The molecule has 0 saturated heterocycles. The molecule has 0 spiro atoms. The van der Waals surface area contributed by atoms with Crippen LogP contribution < -0.4 is 15.0 Å². The average molecular weight is 519 g/mol. The van der Waals surface area contributed by atoms with E-state index in [0.29, 0.717) is 42.4 Å². The monoisotopic (exact) mass is 518 g/mol. The molecule has 0 radical (unpaired) electrons. The van der Waals surface area contributed by atoms with Crippen LogP contribution in [0.15, 0.2) is 47.3 Å². The van der Waals surface area contributed by atoms with E-state index in [1.807, 2.05) is 56.3 Å². The van der Waals surface area contributed by atoms with Gasteiger partial charge in [0.05, 0.1) is 12.6 Å². The van der Waals surface area contributed by atoms with Gasteiger partial charge in [0.2, 0.25) is 6.79 Å². The van der Waals surface area contributed by atoms with Crippen LogP contribution in [0.4, 0.5) is 0 Å². The summed E-state index contributed by atoms with van der Waals surface area (Å²) in [6.45, 7) is 6.94. The van der Waals surface area contributed by atoms with Crippen molar-refractivity contribution in [3.8, 4) is 11.5 Å². The Bertz CT molecular complexity index is 1510. The predicted molar refractivity (Wildman–Crippen MR) is 139 cm³/mol. The normalized spacial score (nSPS) is 13.3. The fourth-order valence-electron chi connectivity index (χ4n) is 4.74. The number of aryl methyl sites for hydroxylation is 1. The Morgan fingerprint density at radius 1 is 1.13 bits per heavy atom. The molecule has 3 heterocycles. The number of H-pyrrole nitrogens is 1. The minimum absolute atomic E-state index is 0.0968. The molecule has 1 atom stereocenters. The van der Waals surface area contributed by atoms with Crippen LogP contribution in [0.25, 0.3) is 10.9 Å². The smallest absolute Gasteiger partial charge is 0.327 e. The Morgan fingerprint density at radius 2 is 1.97 bits per heavy atom. The number of esters is 1. The van der Waals surface area contributed by atoms with Gasteiger partial charge in [-0.2, -0.15) is 0 Å². The predicted octanol–water partition coefficient (Wildman–Crippen LogP) is 3.27. The Balaban J connectivity index is 1.51. The van der Waals surface area contributed by atoms with Gasteiger partial charge in [0.25, 0.3) is 5.56 Å². The van der Waals surface area contributed by atoms with E-state index in [9.17, 15) is 9.59 Å². The first kappa shape index (κ1) is 25.4. The van der Waals surface area contributed by atoms with Crippen LogP contribution in [-0.4, -0.2) is 49.5 Å². The van der Waals surface area contributed by atoms with E-state index in [1.54, 1.807) is 6.92 Å². The van der Waals surface area contributed by atoms with Crippen LogP contribution in [0.5, 0.6) is 11.5 Å². The number of hydrogen-bond acceptors (Lipinski definition) is 9. The number of pyridine rings is 1. The number of nitrogens with one attached hydrogen (secondary N) is 1. The molecule has 0 amide bonds. The first-order valence-electron chi connectivity index (χ1n) is 12.6. The van der Waals surface area contributed by atoms with Gasteiger partial charge in [-0.3, -0.25) is 14.5 Å². The Kier molecular flexibility index (Phi) is 7.36. The molecule has 4 aromatic rings. The highest BCUT2D eigenvalue weighted by atomic mass is 16.7. The summed E-state index contributed by atoms with van der Waals surface area (Å²) in [5, 5.41) is 13.1. The van der Waals surface area contributed by atoms with E-state index in [0.717, 1.165) is 22.0 Å². The Labute approximate surface area is 219 Å². The number of carbonyl (C=O) groups excluding carboxylic acids is 1. The molecule has 0 saturated carbocycles. The molecular formula is C27H30N6O5. The summed E-state index contributed by atoms with van der Waals surface area (Å²) >= 11 is 0. The summed E-state index contributed by atoms with van der Waals surface area (Å²) in [5.74, 6) is 1.49. The van der Waals surface area contributed by atoms with Gasteiger partial charge in [-0.25, -0.2) is 4.68 Å². The van der Waals surface area contributed by atoms with Crippen molar-refractivity contribution in [2.45, 2.75) is 52.9 Å². The van der Waals surface area contributed by atoms with Crippen molar-refractivity contribution < 1.29 is 19.0 Å². The second-order valence-electron chi connectivity index (χ2n) is 9.23. The standard InChI is InChI=1S/C27H30N6O5/c1-4-22(26-29-30-31-33(26)15-25(34)36-5-2)32(13-18-7-9-23-24(11-18)38-16-37-23)14-20-12-19-8-6-17(3)10-21(19)28-27(20)35/h6-12,22H,4-5,13-16H2,1-3H3,(H,28,35)/t22-/m0/s1. The lowest BCUT2D eigenvalue weighted by atomic mass is 10.1. The molecule has 0 fully saturated rings. The van der Waals surface area contributed by atoms with Crippen molar-refractivity contribution in [1.82, 2.24) is 30.1 Å². The first-order valence-corrected chi connectivity index (χ1v) is 12.6. The van der Waals surface area contributed by atoms with E-state index < -0.39 is 5.97 Å². The molecule has 11 nitrogen and oxygen atoms in total. The molecule has 1 aliphatic heterocycles. The summed E-state index contributed by atoms with van der Waals surface area (Å²) < 4.78 is 17.6. The van der Waals surface area contributed by atoms with Gasteiger partial charge in [-0.1, -0.05) is 25.1 Å². The van der Waals surface area contributed by atoms with Crippen LogP contribution in [0.2, 0.25) is 0 Å². The van der Waals surface area contributed by atoms with E-state index >= 15 is 0 Å². The molecule has 5 rings (SSSR count). The van der Waals surface area contributed by atoms with Gasteiger partial charge in [0, 0.05) is 24.2 Å². The van der Waals surface area contributed by atoms with E-state index in [4.69, 9.17) is 14.2 Å². The SMILES string of the molecule is CCOC(=O)Cn1nnnc1[C@H](CC)N(Cc1ccc2c(c1)OCO2)Cc1cc2ccc(C)cc2[nH]c1=O. The summed E-state index contributed by atoms with van der Waals surface area (Å²) in [4.78, 5) is 30.5. The number of aromatic amines is 1. The molecule has 0 bridgehead atoms. The maximum Gasteiger partial charge on any atom is 0.327 e. The van der Waals surface area contributed by atoms with Crippen LogP contribution >= 0.6 is 0 Å². The molecule has 11 heteroatoms. The van der Waals surface area contributed by atoms with E-state index in [-0.39, 0.29) is 31.5 Å². The zero-order chi connectivity index (χ0) is 26.6. The first-order chi connectivity index (χ1) is 18.4. The summed E-state index contributed by atoms with van der Waals surface area (Å²) in [7, 11) is 0. The topological polar surface area (TPSA) is 124 Å². The third-order valence-corrected chi connectivity index (χ3v) is 6.54. The third kappa shape index (κ3) is 5.37. The number of benzene rings is 2. The van der Waals surface area contributed by atoms with Crippen LogP contribution in [0.3, 0.4) is 0 Å². The largest absolute Gasteiger partial charge is 0.465 e. The third-order valence-electron chi connectivity index (χ3n) is 6.54. The quantitative estimate of drug-likeness (QED) is 0.315. The molecule has 38 heavy (non-hydrogen) atoms. The maximum absolute atomic E-state index is 13.1. The minimum atomic E-state index is -0.417. The number of tetrazole rings is 1. The van der Waals surface area contributed by atoms with Crippen LogP contribution in [0, 0.1) is 6.92 Å². The zero-order valence-electron chi connectivity index (χ0n) is 21.6. The highest BCUT2D eigenvalue weighted by Crippen LogP contribution is 2.34. The molecule has 2 aromatic carbocycles. The summed E-state index contributed by atoms with van der Waals surface area (Å²) in [5.41, 5.74) is 3.31. The molecule has 1 N–H and O–H groups in total. The molecule has 1 aliphatic rings. The average Bonchev–Trinajstić information content (AvgIpc) is 3.54. The number of aromatic nitrogens is 5. The fraction of sp³-hybridized carbons (Fsp3) is 0.370. The van der Waals surface area contributed by atoms with Crippen molar-refractivity contribution in [1.29, 1.82) is 0 Å². The maximum atomic E-state index is 13.1. The number of carbonyl (C=O) groups is 1. The van der Waals surface area contributed by atoms with Crippen molar-refractivity contribution in [3.63, 3.8) is 0 Å². The second-order valence-corrected chi connectivity index (χ2v) is 9.23. The molecular weight excluding hydrogens is 488 g/mol. The van der Waals surface area contributed by atoms with Gasteiger partial charge in [0.1, 0.15) is 6.54 Å². The zero-order valence-corrected chi connectivity index (χ0v) is 21.6. The lowest BCUT2D eigenvalue weighted by molar-refractivity contribution is -0.144. The molecule has 2 aromatic heterocycles. The molecule has 0 aliphatic carbocycles. The number of hydrogen-bond donors (Lipinski definition) is 1. The Hall–Kier alpha value is -4.25. The Morgan fingerprint density at radius 3 is 2.79 bits per heavy atom. The van der Waals surface area contributed by atoms with E-state index in [1.165, 1.54) is 4.68 Å². The van der Waals surface area contributed by atoms with Crippen LogP contribution in [-0.2, 0) is 29.2 Å². The summed E-state index contributed by atoms with van der Waals surface area (Å²) in [6.07, 6.45) is 0.637. The van der Waals surface area contributed by atoms with Crippen molar-refractivity contribution >= 4 is 16.9 Å². The number of fused-ring (bicyclic) bond motifs is 2. The van der Waals surface area contributed by atoms with Gasteiger partial charge < -0.3 is 19.2 Å². The number of ether oxygens (including phenoxy) is 3. The molecule has 198 valence electrons. The van der Waals surface area contributed by atoms with Crippen molar-refractivity contribution in [2.24, 2.45) is 0 Å². The molecule has 0 unspecified atom stereocenters. The lowest BCUT2D eigenvalue weighted by Crippen LogP contribution is -2.33. The fourth-order valence-corrected chi connectivity index (χ4v) is 4.74. The van der Waals surface area contributed by atoms with Gasteiger partial charge in [-0.05, 0) is 71.5 Å². The number of rotatable bonds is 10. The van der Waals surface area contributed by atoms with Crippen LogP contribution in [0.1, 0.15) is 48.8 Å². The highest BCUT2D eigenvalue weighted by Gasteiger charge is 2.27. The second kappa shape index (κ2) is 11.0. The van der Waals surface area contributed by atoms with Gasteiger partial charge in [-0.15, -0.1) is 5.10 Å². The summed E-state index contributed by atoms with van der Waals surface area (Å²) in [6, 6.07) is 13.4. The van der Waals surface area contributed by atoms with Crippen molar-refractivity contribution in [3.05, 3.63) is 75.3 Å². The van der Waals surface area contributed by atoms with E-state index in [2.05, 4.69) is 25.4 Å². The number of nitrogens with zero attached hydrogens (tertiary/aromatic N) is 5. The lowest BCUT2D eigenvalue weighted by Gasteiger charge is -2.30. The van der Waals surface area contributed by atoms with Gasteiger partial charge >= 0.3 is 5.97 Å². The minimum Gasteiger partial charge on any atom is -0.465 e.